The van der Waals surface area contributed by atoms with E-state index in [1.165, 1.54) is 0 Å². The minimum absolute atomic E-state index is 0.0469. The number of carbonyl (C=O) groups is 1. The minimum atomic E-state index is -0.708. The van der Waals surface area contributed by atoms with E-state index >= 15 is 0 Å². The number of thioether (sulfide) groups is 1. The van der Waals surface area contributed by atoms with E-state index in [-0.39, 0.29) is 16.7 Å². The Hall–Kier alpha value is -0.220. The van der Waals surface area contributed by atoms with Gasteiger partial charge in [-0.3, -0.25) is 4.79 Å². The first kappa shape index (κ1) is 7.43. The molecule has 11 heavy (non-hydrogen) atoms. The molecule has 0 aromatic rings. The molecular weight excluding hydrogens is 162 g/mol. The molecule has 2 atom stereocenters. The fourth-order valence-corrected chi connectivity index (χ4v) is 3.39. The third-order valence-electron chi connectivity index (χ3n) is 2.57. The predicted molar refractivity (Wildman–Crippen MR) is 43.5 cm³/mol. The second-order valence-electron chi connectivity index (χ2n) is 3.36. The normalized spacial score (nSPS) is 39.4. The lowest BCUT2D eigenvalue weighted by molar-refractivity contribution is -0.142. The number of hydrogen-bond donors (Lipinski definition) is 2. The van der Waals surface area contributed by atoms with Gasteiger partial charge < -0.3 is 10.8 Å². The van der Waals surface area contributed by atoms with Gasteiger partial charge in [0.1, 0.15) is 0 Å². The molecule has 3 N–H and O–H groups in total. The van der Waals surface area contributed by atoms with Gasteiger partial charge in [0.15, 0.2) is 0 Å². The first-order chi connectivity index (χ1) is 5.16. The molecule has 0 amide bonds. The average molecular weight is 173 g/mol. The van der Waals surface area contributed by atoms with Gasteiger partial charge in [0.05, 0.1) is 5.92 Å². The van der Waals surface area contributed by atoms with Gasteiger partial charge in [-0.2, -0.15) is 11.8 Å². The molecule has 62 valence electrons. The van der Waals surface area contributed by atoms with E-state index in [1.807, 2.05) is 0 Å². The summed E-state index contributed by atoms with van der Waals surface area (Å²) in [6.45, 7) is 0. The molecule has 0 aromatic carbocycles. The Bertz CT molecular complexity index is 203. The van der Waals surface area contributed by atoms with Crippen molar-refractivity contribution in [2.75, 3.05) is 5.75 Å². The summed E-state index contributed by atoms with van der Waals surface area (Å²) >= 11 is 1.75. The van der Waals surface area contributed by atoms with Gasteiger partial charge in [0, 0.05) is 16.5 Å². The number of carboxylic acid groups (broad SMARTS) is 1. The Kier molecular flexibility index (Phi) is 1.44. The smallest absolute Gasteiger partial charge is 0.309 e. The van der Waals surface area contributed by atoms with Gasteiger partial charge in [-0.15, -0.1) is 0 Å². The number of carboxylic acids is 1. The molecule has 1 heterocycles. The average Bonchev–Trinajstić information content (AvgIpc) is 2.56. The topological polar surface area (TPSA) is 63.3 Å². The molecule has 1 saturated heterocycles. The second kappa shape index (κ2) is 2.14. The van der Waals surface area contributed by atoms with Gasteiger partial charge in [-0.25, -0.2) is 0 Å². The van der Waals surface area contributed by atoms with Crippen molar-refractivity contribution in [3.63, 3.8) is 0 Å². The molecule has 4 heteroatoms. The van der Waals surface area contributed by atoms with Crippen molar-refractivity contribution in [2.45, 2.75) is 23.6 Å². The molecule has 0 bridgehead atoms. The Balaban J connectivity index is 2.20. The maximum atomic E-state index is 10.8. The summed E-state index contributed by atoms with van der Waals surface area (Å²) in [6.07, 6.45) is 2.09. The molecule has 2 unspecified atom stereocenters. The van der Waals surface area contributed by atoms with Gasteiger partial charge in [-0.05, 0) is 12.8 Å². The van der Waals surface area contributed by atoms with Crippen molar-refractivity contribution >= 4 is 17.7 Å². The summed E-state index contributed by atoms with van der Waals surface area (Å²) in [4.78, 5) is 10.8. The van der Waals surface area contributed by atoms with Crippen molar-refractivity contribution < 1.29 is 9.90 Å². The maximum Gasteiger partial charge on any atom is 0.309 e. The highest BCUT2D eigenvalue weighted by molar-refractivity contribution is 8.01. The van der Waals surface area contributed by atoms with E-state index in [0.29, 0.717) is 0 Å². The van der Waals surface area contributed by atoms with E-state index in [4.69, 9.17) is 10.8 Å². The van der Waals surface area contributed by atoms with Crippen LogP contribution in [0.1, 0.15) is 12.8 Å². The maximum absolute atomic E-state index is 10.8. The monoisotopic (exact) mass is 173 g/mol. The lowest BCUT2D eigenvalue weighted by atomic mass is 9.97. The molecule has 1 spiro atoms. The molecule has 2 aliphatic rings. The van der Waals surface area contributed by atoms with E-state index in [0.717, 1.165) is 18.6 Å². The summed E-state index contributed by atoms with van der Waals surface area (Å²) in [7, 11) is 0. The van der Waals surface area contributed by atoms with Gasteiger partial charge in [0.2, 0.25) is 0 Å². The predicted octanol–water partition coefficient (Wildman–Crippen LogP) is 0.294. The van der Waals surface area contributed by atoms with Crippen LogP contribution in [-0.4, -0.2) is 27.6 Å². The second-order valence-corrected chi connectivity index (χ2v) is 4.79. The first-order valence-corrected chi connectivity index (χ1v) is 4.77. The molecule has 1 aliphatic carbocycles. The van der Waals surface area contributed by atoms with Crippen molar-refractivity contribution in [3.05, 3.63) is 0 Å². The number of nitrogens with two attached hydrogens (primary N) is 1. The molecule has 1 saturated carbocycles. The third kappa shape index (κ3) is 0.964. The fourth-order valence-electron chi connectivity index (χ4n) is 1.83. The minimum Gasteiger partial charge on any atom is -0.481 e. The van der Waals surface area contributed by atoms with E-state index in [2.05, 4.69) is 0 Å². The zero-order valence-corrected chi connectivity index (χ0v) is 6.93. The fraction of sp³-hybridized carbons (Fsp3) is 0.857. The zero-order valence-electron chi connectivity index (χ0n) is 6.12. The largest absolute Gasteiger partial charge is 0.481 e. The summed E-state index contributed by atoms with van der Waals surface area (Å²) < 4.78 is 0.0469. The molecule has 3 nitrogen and oxygen atoms in total. The molecule has 2 fully saturated rings. The SMILES string of the molecule is NC1CSC2(CC2)C1C(=O)O. The Morgan fingerprint density at radius 1 is 1.64 bits per heavy atom. The molecule has 2 rings (SSSR count). The zero-order chi connectivity index (χ0) is 8.06. The number of rotatable bonds is 1. The molecule has 1 aliphatic heterocycles. The molecule has 0 radical (unpaired) electrons. The van der Waals surface area contributed by atoms with Crippen LogP contribution in [0.5, 0.6) is 0 Å². The number of aliphatic carboxylic acids is 1. The first-order valence-electron chi connectivity index (χ1n) is 3.78. The van der Waals surface area contributed by atoms with Crippen LogP contribution in [0.25, 0.3) is 0 Å². The summed E-state index contributed by atoms with van der Waals surface area (Å²) in [5.41, 5.74) is 5.69. The van der Waals surface area contributed by atoms with Gasteiger partial charge in [0.25, 0.3) is 0 Å². The van der Waals surface area contributed by atoms with E-state index in [9.17, 15) is 4.79 Å². The van der Waals surface area contributed by atoms with E-state index in [1.54, 1.807) is 11.8 Å². The highest BCUT2D eigenvalue weighted by atomic mass is 32.2. The van der Waals surface area contributed by atoms with Gasteiger partial charge in [-0.1, -0.05) is 0 Å². The Morgan fingerprint density at radius 2 is 2.27 bits per heavy atom. The highest BCUT2D eigenvalue weighted by Gasteiger charge is 2.59. The lowest BCUT2D eigenvalue weighted by Gasteiger charge is -2.14. The summed E-state index contributed by atoms with van der Waals surface area (Å²) in [5.74, 6) is -0.177. The number of hydrogen-bond acceptors (Lipinski definition) is 3. The van der Waals surface area contributed by atoms with Crippen molar-refractivity contribution in [1.82, 2.24) is 0 Å². The van der Waals surface area contributed by atoms with Crippen LogP contribution in [0.15, 0.2) is 0 Å². The van der Waals surface area contributed by atoms with Crippen LogP contribution in [0.2, 0.25) is 0 Å². The summed E-state index contributed by atoms with van der Waals surface area (Å²) in [5, 5.41) is 8.87. The van der Waals surface area contributed by atoms with Crippen molar-refractivity contribution in [1.29, 1.82) is 0 Å². The van der Waals surface area contributed by atoms with Crippen molar-refractivity contribution in [3.8, 4) is 0 Å². The lowest BCUT2D eigenvalue weighted by Crippen LogP contribution is -2.38. The van der Waals surface area contributed by atoms with Crippen LogP contribution in [0, 0.1) is 5.92 Å². The Morgan fingerprint density at radius 3 is 2.64 bits per heavy atom. The Labute approximate surface area is 69.3 Å². The molecule has 0 aromatic heterocycles. The highest BCUT2D eigenvalue weighted by Crippen LogP contribution is 2.59. The van der Waals surface area contributed by atoms with Crippen LogP contribution in [0.3, 0.4) is 0 Å². The van der Waals surface area contributed by atoms with Crippen LogP contribution < -0.4 is 5.73 Å². The van der Waals surface area contributed by atoms with Crippen LogP contribution in [0.4, 0.5) is 0 Å². The van der Waals surface area contributed by atoms with Crippen LogP contribution >= 0.6 is 11.8 Å². The van der Waals surface area contributed by atoms with Gasteiger partial charge >= 0.3 is 5.97 Å². The molecular formula is C7H11NO2S. The quantitative estimate of drug-likeness (QED) is 0.598. The van der Waals surface area contributed by atoms with Crippen LogP contribution in [-0.2, 0) is 4.79 Å². The van der Waals surface area contributed by atoms with Crippen molar-refractivity contribution in [2.24, 2.45) is 11.7 Å². The standard InChI is InChI=1S/C7H11NO2S/c8-4-3-11-7(1-2-7)5(4)6(9)10/h4-5H,1-3,8H2,(H,9,10). The van der Waals surface area contributed by atoms with E-state index < -0.39 is 5.97 Å². The third-order valence-corrected chi connectivity index (χ3v) is 4.36. The summed E-state index contributed by atoms with van der Waals surface area (Å²) in [6, 6.07) is -0.125.